The first kappa shape index (κ1) is 15.7. The van der Waals surface area contributed by atoms with Crippen LogP contribution in [0, 0.1) is 11.6 Å². The lowest BCUT2D eigenvalue weighted by molar-refractivity contribution is -0.118. The van der Waals surface area contributed by atoms with Crippen molar-refractivity contribution in [2.45, 2.75) is 0 Å². The maximum absolute atomic E-state index is 13.4. The van der Waals surface area contributed by atoms with Crippen LogP contribution in [0.2, 0.25) is 5.02 Å². The molecule has 110 valence electrons. The highest BCUT2D eigenvalue weighted by Crippen LogP contribution is 2.27. The van der Waals surface area contributed by atoms with Gasteiger partial charge in [-0.05, 0) is 30.3 Å². The van der Waals surface area contributed by atoms with E-state index in [1.54, 1.807) is 18.2 Å². The Bertz CT molecular complexity index is 682. The monoisotopic (exact) mass is 375 g/mol. The maximum Gasteiger partial charge on any atom is 0.262 e. The molecule has 21 heavy (non-hydrogen) atoms. The number of nitrogens with one attached hydrogen (secondary N) is 1. The molecule has 0 aliphatic rings. The molecule has 0 unspecified atom stereocenters. The summed E-state index contributed by atoms with van der Waals surface area (Å²) in [5.74, 6) is -1.84. The van der Waals surface area contributed by atoms with Crippen LogP contribution in [0.15, 0.2) is 40.9 Å². The zero-order valence-corrected chi connectivity index (χ0v) is 12.8. The van der Waals surface area contributed by atoms with Crippen molar-refractivity contribution in [3.8, 4) is 5.75 Å². The molecule has 0 heterocycles. The number of rotatable bonds is 4. The molecule has 0 aliphatic carbocycles. The number of carbonyl (C=O) groups is 1. The SMILES string of the molecule is O=C(COc1cc(Br)ccc1Cl)Nc1ccc(F)cc1F. The van der Waals surface area contributed by atoms with E-state index >= 15 is 0 Å². The molecular weight excluding hydrogens is 368 g/mol. The van der Waals surface area contributed by atoms with Gasteiger partial charge in [-0.25, -0.2) is 8.78 Å². The fourth-order valence-electron chi connectivity index (χ4n) is 1.51. The minimum Gasteiger partial charge on any atom is -0.482 e. The largest absolute Gasteiger partial charge is 0.482 e. The van der Waals surface area contributed by atoms with Gasteiger partial charge in [-0.3, -0.25) is 4.79 Å². The van der Waals surface area contributed by atoms with E-state index in [1.165, 1.54) is 0 Å². The van der Waals surface area contributed by atoms with Crippen LogP contribution in [0.5, 0.6) is 5.75 Å². The Morgan fingerprint density at radius 2 is 2.00 bits per heavy atom. The van der Waals surface area contributed by atoms with Crippen molar-refractivity contribution in [1.82, 2.24) is 0 Å². The van der Waals surface area contributed by atoms with E-state index in [1.807, 2.05) is 0 Å². The highest BCUT2D eigenvalue weighted by Gasteiger charge is 2.10. The van der Waals surface area contributed by atoms with Crippen LogP contribution in [-0.2, 0) is 4.79 Å². The molecule has 2 rings (SSSR count). The summed E-state index contributed by atoms with van der Waals surface area (Å²) in [5.41, 5.74) is -0.120. The van der Waals surface area contributed by atoms with E-state index in [4.69, 9.17) is 16.3 Å². The number of ether oxygens (including phenoxy) is 1. The van der Waals surface area contributed by atoms with Crippen molar-refractivity contribution >= 4 is 39.1 Å². The lowest BCUT2D eigenvalue weighted by Crippen LogP contribution is -2.21. The topological polar surface area (TPSA) is 38.3 Å². The smallest absolute Gasteiger partial charge is 0.262 e. The lowest BCUT2D eigenvalue weighted by Gasteiger charge is -2.09. The molecule has 3 nitrogen and oxygen atoms in total. The summed E-state index contributed by atoms with van der Waals surface area (Å²) in [6.45, 7) is -0.354. The van der Waals surface area contributed by atoms with Crippen LogP contribution in [0.3, 0.4) is 0 Å². The Labute approximate surface area is 133 Å². The summed E-state index contributed by atoms with van der Waals surface area (Å²) >= 11 is 9.15. The average molecular weight is 377 g/mol. The third kappa shape index (κ3) is 4.41. The number of hydrogen-bond donors (Lipinski definition) is 1. The van der Waals surface area contributed by atoms with Gasteiger partial charge in [0.15, 0.2) is 6.61 Å². The van der Waals surface area contributed by atoms with E-state index in [2.05, 4.69) is 21.2 Å². The van der Waals surface area contributed by atoms with E-state index < -0.39 is 17.5 Å². The Morgan fingerprint density at radius 3 is 2.71 bits per heavy atom. The van der Waals surface area contributed by atoms with E-state index in [9.17, 15) is 13.6 Å². The third-order valence-electron chi connectivity index (χ3n) is 2.46. The van der Waals surface area contributed by atoms with E-state index in [-0.39, 0.29) is 12.3 Å². The van der Waals surface area contributed by atoms with Gasteiger partial charge in [0.05, 0.1) is 10.7 Å². The summed E-state index contributed by atoms with van der Waals surface area (Å²) in [7, 11) is 0. The normalized spacial score (nSPS) is 10.3. The Kier molecular flexibility index (Phi) is 5.14. The third-order valence-corrected chi connectivity index (χ3v) is 3.26. The quantitative estimate of drug-likeness (QED) is 0.859. The summed E-state index contributed by atoms with van der Waals surface area (Å²) in [6, 6.07) is 7.80. The predicted molar refractivity (Wildman–Crippen MR) is 79.6 cm³/mol. The summed E-state index contributed by atoms with van der Waals surface area (Å²) < 4.78 is 32.1. The maximum atomic E-state index is 13.4. The molecule has 0 atom stereocenters. The van der Waals surface area contributed by atoms with Crippen LogP contribution in [0.1, 0.15) is 0 Å². The molecule has 0 radical (unpaired) electrons. The second-order valence-electron chi connectivity index (χ2n) is 4.04. The standard InChI is InChI=1S/C14H9BrClF2NO2/c15-8-1-3-10(16)13(5-8)21-7-14(20)19-12-4-2-9(17)6-11(12)18/h1-6H,7H2,(H,19,20). The average Bonchev–Trinajstić information content (AvgIpc) is 2.43. The van der Waals surface area contributed by atoms with Crippen LogP contribution >= 0.6 is 27.5 Å². The first-order valence-electron chi connectivity index (χ1n) is 5.78. The van der Waals surface area contributed by atoms with Gasteiger partial charge >= 0.3 is 0 Å². The number of hydrogen-bond acceptors (Lipinski definition) is 2. The molecule has 1 amide bonds. The number of amides is 1. The van der Waals surface area contributed by atoms with Crippen LogP contribution in [0.25, 0.3) is 0 Å². The van der Waals surface area contributed by atoms with Gasteiger partial charge in [0, 0.05) is 10.5 Å². The molecule has 2 aromatic rings. The van der Waals surface area contributed by atoms with Crippen molar-refractivity contribution in [3.63, 3.8) is 0 Å². The van der Waals surface area contributed by atoms with Crippen molar-refractivity contribution in [2.75, 3.05) is 11.9 Å². The molecule has 1 N–H and O–H groups in total. The zero-order valence-electron chi connectivity index (χ0n) is 10.5. The minimum atomic E-state index is -0.858. The molecular formula is C14H9BrClF2NO2. The molecule has 0 spiro atoms. The highest BCUT2D eigenvalue weighted by molar-refractivity contribution is 9.10. The highest BCUT2D eigenvalue weighted by atomic mass is 79.9. The first-order valence-corrected chi connectivity index (χ1v) is 6.95. The van der Waals surface area contributed by atoms with Gasteiger partial charge in [-0.15, -0.1) is 0 Å². The van der Waals surface area contributed by atoms with Crippen LogP contribution in [0.4, 0.5) is 14.5 Å². The molecule has 7 heteroatoms. The van der Waals surface area contributed by atoms with E-state index in [0.29, 0.717) is 16.8 Å². The van der Waals surface area contributed by atoms with Crippen LogP contribution < -0.4 is 10.1 Å². The first-order chi connectivity index (χ1) is 9.95. The summed E-state index contributed by atoms with van der Waals surface area (Å²) in [4.78, 5) is 11.7. The molecule has 0 fully saturated rings. The number of benzene rings is 2. The molecule has 0 saturated carbocycles. The van der Waals surface area contributed by atoms with Gasteiger partial charge < -0.3 is 10.1 Å². The molecule has 0 aliphatic heterocycles. The fourth-order valence-corrected chi connectivity index (χ4v) is 2.02. The molecule has 2 aromatic carbocycles. The molecule has 0 aromatic heterocycles. The second kappa shape index (κ2) is 6.87. The minimum absolute atomic E-state index is 0.120. The van der Waals surface area contributed by atoms with Gasteiger partial charge in [-0.1, -0.05) is 27.5 Å². The van der Waals surface area contributed by atoms with Crippen molar-refractivity contribution < 1.29 is 18.3 Å². The summed E-state index contributed by atoms with van der Waals surface area (Å²) in [5, 5.41) is 2.63. The Morgan fingerprint density at radius 1 is 1.24 bits per heavy atom. The summed E-state index contributed by atoms with van der Waals surface area (Å²) in [6.07, 6.45) is 0. The second-order valence-corrected chi connectivity index (χ2v) is 5.36. The van der Waals surface area contributed by atoms with Crippen LogP contribution in [-0.4, -0.2) is 12.5 Å². The fraction of sp³-hybridized carbons (Fsp3) is 0.0714. The lowest BCUT2D eigenvalue weighted by atomic mass is 10.3. The van der Waals surface area contributed by atoms with Gasteiger partial charge in [-0.2, -0.15) is 0 Å². The Hall–Kier alpha value is -1.66. The van der Waals surface area contributed by atoms with Gasteiger partial charge in [0.25, 0.3) is 5.91 Å². The number of carbonyl (C=O) groups excluding carboxylic acids is 1. The number of anilines is 1. The van der Waals surface area contributed by atoms with Gasteiger partial charge in [0.2, 0.25) is 0 Å². The zero-order chi connectivity index (χ0) is 15.4. The molecule has 0 saturated heterocycles. The Balaban J connectivity index is 1.97. The van der Waals surface area contributed by atoms with Gasteiger partial charge in [0.1, 0.15) is 17.4 Å². The number of halogens is 4. The van der Waals surface area contributed by atoms with Crippen molar-refractivity contribution in [1.29, 1.82) is 0 Å². The van der Waals surface area contributed by atoms with Crippen molar-refractivity contribution in [2.24, 2.45) is 0 Å². The predicted octanol–water partition coefficient (Wildman–Crippen LogP) is 4.40. The van der Waals surface area contributed by atoms with E-state index in [0.717, 1.165) is 16.6 Å². The van der Waals surface area contributed by atoms with Crippen molar-refractivity contribution in [3.05, 3.63) is 57.5 Å². The molecule has 0 bridgehead atoms.